The van der Waals surface area contributed by atoms with Crippen LogP contribution < -0.4 is 18.9 Å². The van der Waals surface area contributed by atoms with Crippen molar-refractivity contribution in [3.05, 3.63) is 88.5 Å². The number of benzene rings is 3. The Hall–Kier alpha value is -4.14. The molecule has 2 aliphatic rings. The molecule has 0 aliphatic carbocycles. The van der Waals surface area contributed by atoms with Crippen molar-refractivity contribution < 1.29 is 51.7 Å². The van der Waals surface area contributed by atoms with Crippen LogP contribution in [0.15, 0.2) is 66.2 Å². The summed E-state index contributed by atoms with van der Waals surface area (Å²) in [6.45, 7) is 0.288. The number of hydrogen-bond donors (Lipinski definition) is 3. The predicted molar refractivity (Wildman–Crippen MR) is 160 cm³/mol. The molecule has 2 aliphatic heterocycles. The molecule has 0 radical (unpaired) electrons. The summed E-state index contributed by atoms with van der Waals surface area (Å²) in [5.41, 5.74) is 3.66. The van der Waals surface area contributed by atoms with Gasteiger partial charge in [0.15, 0.2) is 11.5 Å². The first kappa shape index (κ1) is 32.8. The summed E-state index contributed by atoms with van der Waals surface area (Å²) in [7, 11) is 3.18. The molecule has 3 N–H and O–H groups in total. The van der Waals surface area contributed by atoms with E-state index in [2.05, 4.69) is 11.0 Å². The van der Waals surface area contributed by atoms with E-state index in [0.29, 0.717) is 39.7 Å². The zero-order chi connectivity index (χ0) is 32.1. The highest BCUT2D eigenvalue weighted by molar-refractivity contribution is 7.85. The summed E-state index contributed by atoms with van der Waals surface area (Å²) in [5, 5.41) is 19.8. The zero-order valence-corrected chi connectivity index (χ0v) is 25.6. The Kier molecular flexibility index (Phi) is 10.2. The van der Waals surface area contributed by atoms with Crippen LogP contribution in [0, 0.1) is 0 Å². The van der Waals surface area contributed by atoms with Crippen LogP contribution in [0.25, 0.3) is 5.57 Å². The van der Waals surface area contributed by atoms with Crippen molar-refractivity contribution in [1.82, 2.24) is 4.90 Å². The highest BCUT2D eigenvalue weighted by Gasteiger charge is 2.48. The first-order valence-electron chi connectivity index (χ1n) is 13.5. The van der Waals surface area contributed by atoms with Crippen LogP contribution in [-0.4, -0.2) is 81.5 Å². The number of aliphatic hydroxyl groups excluding tert-OH is 1. The second-order valence-corrected chi connectivity index (χ2v) is 11.8. The molecular formula is C31H35NO11S. The second-order valence-electron chi connectivity index (χ2n) is 10.3. The van der Waals surface area contributed by atoms with Gasteiger partial charge in [0.05, 0.1) is 32.2 Å². The number of carbonyl (C=O) groups excluding carboxylic acids is 1. The number of hydrogen-bond acceptors (Lipinski definition) is 11. The van der Waals surface area contributed by atoms with Crippen molar-refractivity contribution in [3.8, 4) is 23.0 Å². The van der Waals surface area contributed by atoms with E-state index in [1.807, 2.05) is 32.3 Å². The number of aliphatic hydroxyl groups is 2. The molecule has 0 fully saturated rings. The fourth-order valence-corrected chi connectivity index (χ4v) is 5.12. The molecule has 0 bridgehead atoms. The molecule has 2 heterocycles. The number of ether oxygens (including phenoxy) is 5. The van der Waals surface area contributed by atoms with Crippen LogP contribution in [0.3, 0.4) is 0 Å². The molecule has 5 rings (SSSR count). The fourth-order valence-electron chi connectivity index (χ4n) is 4.89. The van der Waals surface area contributed by atoms with Gasteiger partial charge < -0.3 is 38.8 Å². The number of methoxy groups -OCH3 is 2. The lowest BCUT2D eigenvalue weighted by Gasteiger charge is -2.26. The topological polar surface area (TPSA) is 161 Å². The maximum absolute atomic E-state index is 13.4. The lowest BCUT2D eigenvalue weighted by atomic mass is 9.87. The Morgan fingerprint density at radius 1 is 0.977 bits per heavy atom. The van der Waals surface area contributed by atoms with Crippen molar-refractivity contribution in [2.75, 3.05) is 47.5 Å². The summed E-state index contributed by atoms with van der Waals surface area (Å²) in [6.07, 6.45) is 0.279. The van der Waals surface area contributed by atoms with E-state index in [1.54, 1.807) is 43.5 Å². The largest absolute Gasteiger partial charge is 0.497 e. The van der Waals surface area contributed by atoms with Gasteiger partial charge in [0.2, 0.25) is 12.5 Å². The van der Waals surface area contributed by atoms with E-state index in [0.717, 1.165) is 17.7 Å². The number of nitrogens with zero attached hydrogens (tertiary/aromatic N) is 1. The molecular weight excluding hydrogens is 594 g/mol. The molecule has 236 valence electrons. The first-order valence-corrected chi connectivity index (χ1v) is 15.1. The van der Waals surface area contributed by atoms with Crippen LogP contribution in [0.1, 0.15) is 22.3 Å². The van der Waals surface area contributed by atoms with Gasteiger partial charge in [-0.1, -0.05) is 24.3 Å². The number of rotatable bonds is 10. The van der Waals surface area contributed by atoms with E-state index in [-0.39, 0.29) is 18.8 Å². The van der Waals surface area contributed by atoms with Gasteiger partial charge in [-0.2, -0.15) is 8.42 Å². The highest BCUT2D eigenvalue weighted by atomic mass is 32.2. The van der Waals surface area contributed by atoms with Gasteiger partial charge in [0.25, 0.3) is 15.9 Å². The molecule has 0 saturated carbocycles. The average molecular weight is 630 g/mol. The highest BCUT2D eigenvalue weighted by Crippen LogP contribution is 2.49. The third-order valence-electron chi connectivity index (χ3n) is 6.80. The van der Waals surface area contributed by atoms with Gasteiger partial charge in [0.1, 0.15) is 5.75 Å². The van der Waals surface area contributed by atoms with Crippen LogP contribution in [-0.2, 0) is 38.4 Å². The van der Waals surface area contributed by atoms with Gasteiger partial charge in [-0.25, -0.2) is 4.79 Å². The molecule has 1 atom stereocenters. The standard InChI is InChI=1S/C29H29NO7.C2H6O4S/c1-30(2)16-19-7-5-6-18(12-19)13-23-26(20-14-24(34-4)27-25(15-20)35-17-36-27)28(31)37-29(23,32)21-8-10-22(33-3)11-9-21;3-1-2-7(4,5)6/h5-12,14-15,32H,13,16-17H2,1-4H3;3H,1-2H2,(H,4,5,6). The Balaban J connectivity index is 0.000000566. The Bertz CT molecular complexity index is 1630. The Morgan fingerprint density at radius 3 is 2.27 bits per heavy atom. The van der Waals surface area contributed by atoms with Gasteiger partial charge in [-0.3, -0.25) is 4.55 Å². The number of fused-ring (bicyclic) bond motifs is 1. The third kappa shape index (κ3) is 7.49. The minimum Gasteiger partial charge on any atom is -0.497 e. The van der Waals surface area contributed by atoms with Crippen molar-refractivity contribution in [2.45, 2.75) is 18.8 Å². The van der Waals surface area contributed by atoms with Crippen molar-refractivity contribution in [1.29, 1.82) is 0 Å². The molecule has 1 unspecified atom stereocenters. The predicted octanol–water partition coefficient (Wildman–Crippen LogP) is 2.76. The van der Waals surface area contributed by atoms with Crippen LogP contribution in [0.4, 0.5) is 0 Å². The summed E-state index contributed by atoms with van der Waals surface area (Å²) in [6, 6.07) is 18.3. The summed E-state index contributed by atoms with van der Waals surface area (Å²) >= 11 is 0. The van der Waals surface area contributed by atoms with Crippen LogP contribution >= 0.6 is 0 Å². The van der Waals surface area contributed by atoms with Gasteiger partial charge in [-0.05, 0) is 67.2 Å². The van der Waals surface area contributed by atoms with Gasteiger partial charge in [-0.15, -0.1) is 0 Å². The molecule has 0 spiro atoms. The van der Waals surface area contributed by atoms with E-state index in [4.69, 9.17) is 33.3 Å². The monoisotopic (exact) mass is 629 g/mol. The zero-order valence-electron chi connectivity index (χ0n) is 24.8. The van der Waals surface area contributed by atoms with Crippen molar-refractivity contribution in [3.63, 3.8) is 0 Å². The molecule has 0 saturated heterocycles. The second kappa shape index (κ2) is 13.7. The molecule has 13 heteroatoms. The Labute approximate surface area is 255 Å². The quantitative estimate of drug-likeness (QED) is 0.223. The molecule has 44 heavy (non-hydrogen) atoms. The van der Waals surface area contributed by atoms with Gasteiger partial charge >= 0.3 is 5.97 Å². The minimum atomic E-state index is -3.92. The smallest absolute Gasteiger partial charge is 0.342 e. The van der Waals surface area contributed by atoms with Gasteiger partial charge in [0, 0.05) is 24.1 Å². The van der Waals surface area contributed by atoms with Crippen molar-refractivity contribution >= 4 is 21.7 Å². The summed E-state index contributed by atoms with van der Waals surface area (Å²) in [4.78, 5) is 15.5. The summed E-state index contributed by atoms with van der Waals surface area (Å²) < 4.78 is 54.7. The first-order chi connectivity index (χ1) is 20.9. The molecule has 3 aromatic carbocycles. The molecule has 12 nitrogen and oxygen atoms in total. The lowest BCUT2D eigenvalue weighted by Crippen LogP contribution is -2.29. The van der Waals surface area contributed by atoms with Crippen LogP contribution in [0.5, 0.6) is 23.0 Å². The Morgan fingerprint density at radius 2 is 1.68 bits per heavy atom. The third-order valence-corrected chi connectivity index (χ3v) is 7.50. The maximum atomic E-state index is 13.4. The maximum Gasteiger partial charge on any atom is 0.342 e. The number of esters is 1. The summed E-state index contributed by atoms with van der Waals surface area (Å²) in [5.74, 6) is -1.20. The SMILES string of the molecule is COc1ccc(C2(O)OC(=O)C(c3cc(OC)c4c(c3)OCO4)=C2Cc2cccc(CN(C)C)c2)cc1.O=S(=O)(O)CCO. The number of carbonyl (C=O) groups is 1. The van der Waals surface area contributed by atoms with E-state index in [9.17, 15) is 18.3 Å². The van der Waals surface area contributed by atoms with E-state index in [1.165, 1.54) is 7.11 Å². The van der Waals surface area contributed by atoms with Crippen LogP contribution in [0.2, 0.25) is 0 Å². The van der Waals surface area contributed by atoms with E-state index >= 15 is 0 Å². The molecule has 0 amide bonds. The minimum absolute atomic E-state index is 0.0555. The van der Waals surface area contributed by atoms with E-state index < -0.39 is 34.2 Å². The average Bonchev–Trinajstić information content (AvgIpc) is 3.54. The molecule has 0 aromatic heterocycles. The lowest BCUT2D eigenvalue weighted by molar-refractivity contribution is -0.185. The normalized spacial score (nSPS) is 17.3. The van der Waals surface area contributed by atoms with Crippen molar-refractivity contribution in [2.24, 2.45) is 0 Å². The molecule has 3 aromatic rings. The fraction of sp³-hybridized carbons (Fsp3) is 0.323. The number of cyclic esters (lactones) is 1.